The summed E-state index contributed by atoms with van der Waals surface area (Å²) >= 11 is 12.1. The van der Waals surface area contributed by atoms with E-state index >= 15 is 0 Å². The van der Waals surface area contributed by atoms with Crippen molar-refractivity contribution < 1.29 is 5.11 Å². The number of aryl methyl sites for hydroxylation is 2. The van der Waals surface area contributed by atoms with Crippen molar-refractivity contribution >= 4 is 23.2 Å². The van der Waals surface area contributed by atoms with Gasteiger partial charge < -0.3 is 5.11 Å². The zero-order chi connectivity index (χ0) is 15.6. The van der Waals surface area contributed by atoms with E-state index in [1.807, 2.05) is 24.7 Å². The van der Waals surface area contributed by atoms with Gasteiger partial charge in [-0.2, -0.15) is 5.10 Å². The Morgan fingerprint density at radius 2 is 2.00 bits per heavy atom. The molecule has 114 valence electrons. The minimum atomic E-state index is -0.444. The molecule has 1 N–H and O–H groups in total. The van der Waals surface area contributed by atoms with Gasteiger partial charge in [0.15, 0.2) is 0 Å². The highest BCUT2D eigenvalue weighted by Gasteiger charge is 2.13. The van der Waals surface area contributed by atoms with Crippen molar-refractivity contribution in [2.75, 3.05) is 0 Å². The van der Waals surface area contributed by atoms with E-state index in [1.54, 1.807) is 12.1 Å². The van der Waals surface area contributed by atoms with Gasteiger partial charge in [-0.05, 0) is 62.4 Å². The van der Waals surface area contributed by atoms with Crippen molar-refractivity contribution in [1.29, 1.82) is 0 Å². The van der Waals surface area contributed by atoms with Crippen LogP contribution in [0.1, 0.15) is 28.9 Å². The molecule has 0 saturated carbocycles. The SMILES string of the molecule is Cc1nn(C)c(C)c1CCC(O)Cc1cc(Cl)ccc1Cl. The van der Waals surface area contributed by atoms with Crippen LogP contribution >= 0.6 is 23.2 Å². The molecule has 1 aromatic carbocycles. The maximum absolute atomic E-state index is 10.2. The number of aromatic nitrogens is 2. The lowest BCUT2D eigenvalue weighted by Crippen LogP contribution is -2.12. The second-order valence-electron chi connectivity index (χ2n) is 5.41. The summed E-state index contributed by atoms with van der Waals surface area (Å²) in [5.74, 6) is 0. The average molecular weight is 327 g/mol. The number of benzene rings is 1. The molecular formula is C16H20Cl2N2O. The zero-order valence-corrected chi connectivity index (χ0v) is 14.0. The number of hydrogen-bond acceptors (Lipinski definition) is 2. The van der Waals surface area contributed by atoms with Crippen LogP contribution in [0, 0.1) is 13.8 Å². The summed E-state index contributed by atoms with van der Waals surface area (Å²) in [5.41, 5.74) is 4.29. The molecule has 0 aliphatic carbocycles. The Hall–Kier alpha value is -1.03. The summed E-state index contributed by atoms with van der Waals surface area (Å²) in [6.07, 6.45) is 1.55. The highest BCUT2D eigenvalue weighted by Crippen LogP contribution is 2.23. The molecule has 1 atom stereocenters. The van der Waals surface area contributed by atoms with Gasteiger partial charge in [0.2, 0.25) is 0 Å². The fraction of sp³-hybridized carbons (Fsp3) is 0.438. The minimum absolute atomic E-state index is 0.444. The number of aliphatic hydroxyl groups excluding tert-OH is 1. The van der Waals surface area contributed by atoms with Crippen LogP contribution in [0.25, 0.3) is 0 Å². The molecule has 2 rings (SSSR count). The van der Waals surface area contributed by atoms with Crippen LogP contribution < -0.4 is 0 Å². The molecule has 5 heteroatoms. The molecule has 0 bridgehead atoms. The van der Waals surface area contributed by atoms with Gasteiger partial charge in [-0.3, -0.25) is 4.68 Å². The largest absolute Gasteiger partial charge is 0.393 e. The maximum atomic E-state index is 10.2. The lowest BCUT2D eigenvalue weighted by Gasteiger charge is -2.12. The lowest BCUT2D eigenvalue weighted by molar-refractivity contribution is 0.165. The molecule has 2 aromatic rings. The Labute approximate surface area is 135 Å². The Kier molecular flexibility index (Phi) is 5.31. The molecule has 1 unspecified atom stereocenters. The van der Waals surface area contributed by atoms with E-state index in [0.29, 0.717) is 22.9 Å². The summed E-state index contributed by atoms with van der Waals surface area (Å²) in [7, 11) is 1.94. The Bertz CT molecular complexity index is 637. The molecule has 0 saturated heterocycles. The first-order chi connectivity index (χ1) is 9.88. The Morgan fingerprint density at radius 1 is 1.29 bits per heavy atom. The standard InChI is InChI=1S/C16H20Cl2N2O/c1-10-15(11(2)20(3)19-10)6-5-14(21)9-12-8-13(17)4-7-16(12)18/h4,7-8,14,21H,5-6,9H2,1-3H3. The van der Waals surface area contributed by atoms with E-state index in [1.165, 1.54) is 5.56 Å². The third-order valence-corrected chi connectivity index (χ3v) is 4.45. The Balaban J connectivity index is 1.99. The van der Waals surface area contributed by atoms with Gasteiger partial charge in [0.05, 0.1) is 11.8 Å². The number of halogens is 2. The molecule has 1 aromatic heterocycles. The van der Waals surface area contributed by atoms with Crippen molar-refractivity contribution in [1.82, 2.24) is 9.78 Å². The van der Waals surface area contributed by atoms with Gasteiger partial charge in [-0.1, -0.05) is 23.2 Å². The average Bonchev–Trinajstić information content (AvgIpc) is 2.66. The van der Waals surface area contributed by atoms with Gasteiger partial charge >= 0.3 is 0 Å². The topological polar surface area (TPSA) is 38.0 Å². The summed E-state index contributed by atoms with van der Waals surface area (Å²) in [6.45, 7) is 4.05. The predicted molar refractivity (Wildman–Crippen MR) is 87.2 cm³/mol. The molecule has 0 aliphatic heterocycles. The quantitative estimate of drug-likeness (QED) is 0.905. The van der Waals surface area contributed by atoms with E-state index in [2.05, 4.69) is 12.0 Å². The van der Waals surface area contributed by atoms with E-state index < -0.39 is 6.10 Å². The summed E-state index contributed by atoms with van der Waals surface area (Å²) in [5, 5.41) is 15.9. The molecule has 3 nitrogen and oxygen atoms in total. The van der Waals surface area contributed by atoms with Crippen LogP contribution in [-0.2, 0) is 19.9 Å². The van der Waals surface area contributed by atoms with Gasteiger partial charge in [0.1, 0.15) is 0 Å². The van der Waals surface area contributed by atoms with Crippen molar-refractivity contribution in [2.45, 2.75) is 39.2 Å². The van der Waals surface area contributed by atoms with Crippen LogP contribution in [0.3, 0.4) is 0 Å². The Morgan fingerprint density at radius 3 is 2.62 bits per heavy atom. The number of aliphatic hydroxyl groups is 1. The van der Waals surface area contributed by atoms with E-state index in [0.717, 1.165) is 23.4 Å². The summed E-state index contributed by atoms with van der Waals surface area (Å²) in [4.78, 5) is 0. The molecule has 21 heavy (non-hydrogen) atoms. The molecule has 0 fully saturated rings. The molecule has 0 spiro atoms. The lowest BCUT2D eigenvalue weighted by atomic mass is 10.0. The predicted octanol–water partition coefficient (Wildman–Crippen LogP) is 3.88. The highest BCUT2D eigenvalue weighted by atomic mass is 35.5. The van der Waals surface area contributed by atoms with Crippen molar-refractivity contribution in [3.05, 3.63) is 50.8 Å². The van der Waals surface area contributed by atoms with Crippen LogP contribution in [0.2, 0.25) is 10.0 Å². The first kappa shape index (κ1) is 16.3. The molecule has 0 aliphatic rings. The molecule has 0 radical (unpaired) electrons. The fourth-order valence-corrected chi connectivity index (χ4v) is 2.94. The van der Waals surface area contributed by atoms with Crippen molar-refractivity contribution in [3.8, 4) is 0 Å². The van der Waals surface area contributed by atoms with Crippen molar-refractivity contribution in [3.63, 3.8) is 0 Å². The third-order valence-electron chi connectivity index (χ3n) is 3.85. The number of nitrogens with zero attached hydrogens (tertiary/aromatic N) is 2. The number of rotatable bonds is 5. The number of hydrogen-bond donors (Lipinski definition) is 1. The third kappa shape index (κ3) is 4.00. The monoisotopic (exact) mass is 326 g/mol. The normalized spacial score (nSPS) is 12.7. The summed E-state index contributed by atoms with van der Waals surface area (Å²) < 4.78 is 1.88. The first-order valence-corrected chi connectivity index (χ1v) is 7.75. The first-order valence-electron chi connectivity index (χ1n) is 6.99. The second-order valence-corrected chi connectivity index (χ2v) is 6.25. The molecular weight excluding hydrogens is 307 g/mol. The maximum Gasteiger partial charge on any atom is 0.0628 e. The van der Waals surface area contributed by atoms with Crippen LogP contribution in [0.5, 0.6) is 0 Å². The van der Waals surface area contributed by atoms with Crippen molar-refractivity contribution in [2.24, 2.45) is 7.05 Å². The fourth-order valence-electron chi connectivity index (χ4n) is 2.55. The van der Waals surface area contributed by atoms with Gasteiger partial charge in [-0.15, -0.1) is 0 Å². The zero-order valence-electron chi connectivity index (χ0n) is 12.5. The van der Waals surface area contributed by atoms with Gasteiger partial charge in [-0.25, -0.2) is 0 Å². The summed E-state index contributed by atoms with van der Waals surface area (Å²) in [6, 6.07) is 5.33. The van der Waals surface area contributed by atoms with Gasteiger partial charge in [0.25, 0.3) is 0 Å². The van der Waals surface area contributed by atoms with Crippen LogP contribution in [0.4, 0.5) is 0 Å². The minimum Gasteiger partial charge on any atom is -0.393 e. The smallest absolute Gasteiger partial charge is 0.0628 e. The molecule has 0 amide bonds. The molecule has 1 heterocycles. The second kappa shape index (κ2) is 6.82. The van der Waals surface area contributed by atoms with E-state index in [4.69, 9.17) is 23.2 Å². The van der Waals surface area contributed by atoms with Gasteiger partial charge in [0, 0.05) is 22.8 Å². The van der Waals surface area contributed by atoms with Crippen LogP contribution in [0.15, 0.2) is 18.2 Å². The highest BCUT2D eigenvalue weighted by molar-refractivity contribution is 6.33. The van der Waals surface area contributed by atoms with Crippen LogP contribution in [-0.4, -0.2) is 21.0 Å². The van der Waals surface area contributed by atoms with E-state index in [9.17, 15) is 5.11 Å². The van der Waals surface area contributed by atoms with E-state index in [-0.39, 0.29) is 0 Å².